The molecule has 252 valence electrons. The number of carbonyl (C=O) groups excluding carboxylic acids is 2. The fourth-order valence-electron chi connectivity index (χ4n) is 5.03. The number of amides is 2. The summed E-state index contributed by atoms with van der Waals surface area (Å²) in [5, 5.41) is 3.00. The van der Waals surface area contributed by atoms with Crippen LogP contribution in [0.25, 0.3) is 0 Å². The Balaban J connectivity index is 1.36. The number of ether oxygens (including phenoxy) is 2. The minimum atomic E-state index is -3.96. The molecule has 5 rings (SSSR count). The first kappa shape index (κ1) is 34.6. The highest BCUT2D eigenvalue weighted by atomic mass is 32.2. The number of aryl methyl sites for hydroxylation is 1. The summed E-state index contributed by atoms with van der Waals surface area (Å²) in [6, 6.07) is 33.6. The highest BCUT2D eigenvalue weighted by Crippen LogP contribution is 2.26. The molecule has 49 heavy (non-hydrogen) atoms. The van der Waals surface area contributed by atoms with Crippen molar-refractivity contribution in [3.63, 3.8) is 0 Å². The third kappa shape index (κ3) is 9.45. The lowest BCUT2D eigenvalue weighted by atomic mass is 10.0. The number of carbonyl (C=O) groups is 2. The summed E-state index contributed by atoms with van der Waals surface area (Å²) >= 11 is 0. The molecule has 0 radical (unpaired) electrons. The molecule has 0 saturated heterocycles. The van der Waals surface area contributed by atoms with Gasteiger partial charge in [-0.05, 0) is 84.3 Å². The lowest BCUT2D eigenvalue weighted by Gasteiger charge is -2.31. The van der Waals surface area contributed by atoms with Crippen LogP contribution < -0.4 is 19.5 Å². The molecule has 5 aromatic carbocycles. The molecule has 1 atom stereocenters. The molecule has 0 heterocycles. The van der Waals surface area contributed by atoms with Crippen molar-refractivity contribution >= 4 is 27.5 Å². The van der Waals surface area contributed by atoms with Crippen molar-refractivity contribution in [2.24, 2.45) is 0 Å². The van der Waals surface area contributed by atoms with Gasteiger partial charge in [0.2, 0.25) is 5.91 Å². The molecule has 0 aliphatic rings. The second kappa shape index (κ2) is 15.9. The SMILES string of the molecule is COc1ccc(CN(C(=O)COc2ccc(S(=O)(=O)Nc3ccc(F)cc3)cc2)[C@@H](C(=O)NCc2ccc(C)cc2)c2ccccc2)cc1. The highest BCUT2D eigenvalue weighted by molar-refractivity contribution is 7.92. The first-order valence-corrected chi connectivity index (χ1v) is 16.9. The van der Waals surface area contributed by atoms with Crippen LogP contribution >= 0.6 is 0 Å². The molecular weight excluding hydrogens is 645 g/mol. The maximum Gasteiger partial charge on any atom is 0.261 e. The Morgan fingerprint density at radius 2 is 1.39 bits per heavy atom. The Hall–Kier alpha value is -5.68. The van der Waals surface area contributed by atoms with Crippen LogP contribution in [0.4, 0.5) is 10.1 Å². The Kier molecular flexibility index (Phi) is 11.3. The first-order valence-electron chi connectivity index (χ1n) is 15.4. The van der Waals surface area contributed by atoms with Gasteiger partial charge in [-0.2, -0.15) is 0 Å². The van der Waals surface area contributed by atoms with Crippen molar-refractivity contribution in [1.82, 2.24) is 10.2 Å². The fraction of sp³-hybridized carbons (Fsp3) is 0.158. The summed E-state index contributed by atoms with van der Waals surface area (Å²) in [5.41, 5.74) is 3.62. The number of hydrogen-bond donors (Lipinski definition) is 2. The van der Waals surface area contributed by atoms with Crippen LogP contribution in [0.1, 0.15) is 28.3 Å². The molecular formula is C38H36FN3O6S. The van der Waals surface area contributed by atoms with Gasteiger partial charge in [-0.1, -0.05) is 72.3 Å². The van der Waals surface area contributed by atoms with Gasteiger partial charge >= 0.3 is 0 Å². The third-order valence-corrected chi connectivity index (χ3v) is 9.08. The lowest BCUT2D eigenvalue weighted by molar-refractivity contribution is -0.143. The van der Waals surface area contributed by atoms with Gasteiger partial charge in [0.1, 0.15) is 23.4 Å². The molecule has 2 N–H and O–H groups in total. The third-order valence-electron chi connectivity index (χ3n) is 7.69. The summed E-state index contributed by atoms with van der Waals surface area (Å²) < 4.78 is 52.4. The maximum atomic E-state index is 14.0. The van der Waals surface area contributed by atoms with E-state index >= 15 is 0 Å². The Morgan fingerprint density at radius 3 is 2.02 bits per heavy atom. The molecule has 0 aliphatic carbocycles. The largest absolute Gasteiger partial charge is 0.497 e. The van der Waals surface area contributed by atoms with Gasteiger partial charge in [-0.15, -0.1) is 0 Å². The van der Waals surface area contributed by atoms with Crippen LogP contribution in [0.15, 0.2) is 132 Å². The van der Waals surface area contributed by atoms with Crippen LogP contribution in [0.5, 0.6) is 11.5 Å². The van der Waals surface area contributed by atoms with E-state index in [1.807, 2.05) is 61.5 Å². The normalized spacial score (nSPS) is 11.7. The van der Waals surface area contributed by atoms with Crippen LogP contribution in [0.2, 0.25) is 0 Å². The zero-order chi connectivity index (χ0) is 34.8. The molecule has 0 fully saturated rings. The van der Waals surface area contributed by atoms with E-state index in [1.165, 1.54) is 41.3 Å². The Labute approximate surface area is 285 Å². The Morgan fingerprint density at radius 1 is 0.776 bits per heavy atom. The number of methoxy groups -OCH3 is 1. The lowest BCUT2D eigenvalue weighted by Crippen LogP contribution is -2.45. The minimum Gasteiger partial charge on any atom is -0.497 e. The van der Waals surface area contributed by atoms with Crippen molar-refractivity contribution in [3.05, 3.63) is 155 Å². The van der Waals surface area contributed by atoms with Gasteiger partial charge in [0.15, 0.2) is 6.61 Å². The molecule has 0 unspecified atom stereocenters. The van der Waals surface area contributed by atoms with E-state index in [-0.39, 0.29) is 35.3 Å². The topological polar surface area (TPSA) is 114 Å². The van der Waals surface area contributed by atoms with E-state index in [9.17, 15) is 22.4 Å². The van der Waals surface area contributed by atoms with Gasteiger partial charge in [0.25, 0.3) is 15.9 Å². The predicted molar refractivity (Wildman–Crippen MR) is 185 cm³/mol. The van der Waals surface area contributed by atoms with Gasteiger partial charge in [0, 0.05) is 18.8 Å². The molecule has 0 spiro atoms. The number of nitrogens with zero attached hydrogens (tertiary/aromatic N) is 1. The number of hydrogen-bond acceptors (Lipinski definition) is 6. The molecule has 11 heteroatoms. The summed E-state index contributed by atoms with van der Waals surface area (Å²) in [7, 11) is -2.40. The van der Waals surface area contributed by atoms with Crippen molar-refractivity contribution in [2.45, 2.75) is 31.0 Å². The molecule has 0 aromatic heterocycles. The number of benzene rings is 5. The van der Waals surface area contributed by atoms with Crippen LogP contribution in [-0.4, -0.2) is 38.8 Å². The second-order valence-corrected chi connectivity index (χ2v) is 12.9. The second-order valence-electron chi connectivity index (χ2n) is 11.3. The standard InChI is InChI=1S/C38H36FN3O6S/c1-27-8-10-28(11-9-27)24-40-38(44)37(30-6-4-3-5-7-30)42(25-29-12-18-33(47-2)19-13-29)36(43)26-48-34-20-22-35(23-21-34)49(45,46)41-32-16-14-31(39)15-17-32/h3-23,37,41H,24-26H2,1-2H3,(H,40,44)/t37-/m1/s1. The zero-order valence-corrected chi connectivity index (χ0v) is 27.8. The Bertz CT molecular complexity index is 1950. The van der Waals surface area contributed by atoms with E-state index in [2.05, 4.69) is 10.0 Å². The molecule has 0 aliphatic heterocycles. The average molecular weight is 682 g/mol. The van der Waals surface area contributed by atoms with E-state index in [0.29, 0.717) is 11.3 Å². The first-order chi connectivity index (χ1) is 23.6. The molecule has 9 nitrogen and oxygen atoms in total. The van der Waals surface area contributed by atoms with Gasteiger partial charge in [-0.3, -0.25) is 14.3 Å². The van der Waals surface area contributed by atoms with Crippen molar-refractivity contribution in [1.29, 1.82) is 0 Å². The maximum absolute atomic E-state index is 14.0. The van der Waals surface area contributed by atoms with Crippen LogP contribution in [-0.2, 0) is 32.7 Å². The summed E-state index contributed by atoms with van der Waals surface area (Å²) in [4.78, 5) is 29.3. The van der Waals surface area contributed by atoms with Gasteiger partial charge in [-0.25, -0.2) is 12.8 Å². The van der Waals surface area contributed by atoms with Crippen molar-refractivity contribution in [3.8, 4) is 11.5 Å². The molecule has 5 aromatic rings. The van der Waals surface area contributed by atoms with Gasteiger partial charge < -0.3 is 19.7 Å². The minimum absolute atomic E-state index is 0.0500. The smallest absolute Gasteiger partial charge is 0.261 e. The van der Waals surface area contributed by atoms with Crippen molar-refractivity contribution in [2.75, 3.05) is 18.4 Å². The number of halogens is 1. The van der Waals surface area contributed by atoms with E-state index in [1.54, 1.807) is 31.4 Å². The summed E-state index contributed by atoms with van der Waals surface area (Å²) in [6.07, 6.45) is 0. The molecule has 0 bridgehead atoms. The quantitative estimate of drug-likeness (QED) is 0.140. The highest BCUT2D eigenvalue weighted by Gasteiger charge is 2.32. The monoisotopic (exact) mass is 681 g/mol. The number of rotatable bonds is 14. The molecule has 0 saturated carbocycles. The average Bonchev–Trinajstić information content (AvgIpc) is 3.12. The van der Waals surface area contributed by atoms with Crippen LogP contribution in [0.3, 0.4) is 0 Å². The predicted octanol–water partition coefficient (Wildman–Crippen LogP) is 6.41. The number of nitrogens with one attached hydrogen (secondary N) is 2. The summed E-state index contributed by atoms with van der Waals surface area (Å²) in [6.45, 7) is 1.93. The fourth-order valence-corrected chi connectivity index (χ4v) is 6.08. The number of anilines is 1. The molecule has 2 amide bonds. The number of sulfonamides is 1. The van der Waals surface area contributed by atoms with Crippen LogP contribution in [0, 0.1) is 12.7 Å². The van der Waals surface area contributed by atoms with E-state index in [4.69, 9.17) is 9.47 Å². The van der Waals surface area contributed by atoms with Crippen molar-refractivity contribution < 1.29 is 31.9 Å². The van der Waals surface area contributed by atoms with Gasteiger partial charge in [0.05, 0.1) is 12.0 Å². The summed E-state index contributed by atoms with van der Waals surface area (Å²) in [5.74, 6) is -0.418. The zero-order valence-electron chi connectivity index (χ0n) is 27.0. The van der Waals surface area contributed by atoms with E-state index < -0.39 is 34.4 Å². The van der Waals surface area contributed by atoms with E-state index in [0.717, 1.165) is 28.8 Å².